The highest BCUT2D eigenvalue weighted by atomic mass is 16.5. The molecule has 1 fully saturated rings. The van der Waals surface area contributed by atoms with E-state index in [0.29, 0.717) is 22.9 Å². The maximum atomic E-state index is 12.6. The van der Waals surface area contributed by atoms with E-state index in [9.17, 15) is 9.59 Å². The topological polar surface area (TPSA) is 79.5 Å². The number of carbonyl (C=O) groups excluding carboxylic acids is 2. The summed E-state index contributed by atoms with van der Waals surface area (Å²) in [7, 11) is 1.59. The summed E-state index contributed by atoms with van der Waals surface area (Å²) in [6, 6.07) is 14.1. The van der Waals surface area contributed by atoms with Gasteiger partial charge in [0.25, 0.3) is 5.91 Å². The fraction of sp³-hybridized carbons (Fsp3) is 0.300. The van der Waals surface area contributed by atoms with Gasteiger partial charge in [0.1, 0.15) is 5.75 Å². The molecule has 1 saturated heterocycles. The van der Waals surface area contributed by atoms with Crippen molar-refractivity contribution in [3.63, 3.8) is 0 Å². The second-order valence-electron chi connectivity index (χ2n) is 6.42. The predicted molar refractivity (Wildman–Crippen MR) is 102 cm³/mol. The molecule has 2 aromatic rings. The van der Waals surface area contributed by atoms with Crippen molar-refractivity contribution < 1.29 is 14.3 Å². The molecular formula is C20H23N3O3. The molecule has 0 bridgehead atoms. The number of hydrogen-bond acceptors (Lipinski definition) is 4. The number of benzene rings is 2. The number of hydrogen-bond donors (Lipinski definition) is 3. The first kappa shape index (κ1) is 17.9. The van der Waals surface area contributed by atoms with Crippen LogP contribution in [-0.2, 0) is 4.79 Å². The van der Waals surface area contributed by atoms with E-state index in [1.165, 1.54) is 0 Å². The summed E-state index contributed by atoms with van der Waals surface area (Å²) in [5.74, 6) is 0.615. The highest BCUT2D eigenvalue weighted by Crippen LogP contribution is 2.22. The summed E-state index contributed by atoms with van der Waals surface area (Å²) in [5.41, 5.74) is 1.60. The minimum atomic E-state index is -0.274. The van der Waals surface area contributed by atoms with Gasteiger partial charge in [0.2, 0.25) is 5.91 Å². The third-order valence-corrected chi connectivity index (χ3v) is 4.71. The van der Waals surface area contributed by atoms with Crippen LogP contribution in [0.2, 0.25) is 0 Å². The summed E-state index contributed by atoms with van der Waals surface area (Å²) >= 11 is 0. The van der Waals surface area contributed by atoms with Crippen LogP contribution < -0.4 is 20.7 Å². The Morgan fingerprint density at radius 2 is 1.77 bits per heavy atom. The summed E-state index contributed by atoms with van der Waals surface area (Å²) in [5, 5.41) is 8.91. The van der Waals surface area contributed by atoms with Crippen molar-refractivity contribution in [3.8, 4) is 5.75 Å². The quantitative estimate of drug-likeness (QED) is 0.746. The zero-order valence-electron chi connectivity index (χ0n) is 14.9. The molecule has 0 spiro atoms. The third-order valence-electron chi connectivity index (χ3n) is 4.71. The van der Waals surface area contributed by atoms with Crippen LogP contribution in [-0.4, -0.2) is 32.0 Å². The molecule has 1 aliphatic heterocycles. The Kier molecular flexibility index (Phi) is 5.53. The van der Waals surface area contributed by atoms with E-state index in [0.717, 1.165) is 18.8 Å². The van der Waals surface area contributed by atoms with Gasteiger partial charge in [0, 0.05) is 11.6 Å². The lowest BCUT2D eigenvalue weighted by Crippen LogP contribution is -2.48. The average Bonchev–Trinajstić information content (AvgIpc) is 2.61. The van der Waals surface area contributed by atoms with Gasteiger partial charge in [-0.3, -0.25) is 9.59 Å². The smallest absolute Gasteiger partial charge is 0.257 e. The van der Waals surface area contributed by atoms with Crippen molar-refractivity contribution >= 4 is 23.2 Å². The standard InChI is InChI=1S/C20H23N3O3/c1-13(14-11-21-12-14)19(24)23-18-6-4-3-5-17(18)20(25)22-15-7-9-16(26-2)10-8-15/h3-10,13-14,21H,11-12H2,1-2H3,(H,22,25)(H,23,24). The maximum absolute atomic E-state index is 12.6. The molecule has 2 amide bonds. The van der Waals surface area contributed by atoms with Gasteiger partial charge in [-0.1, -0.05) is 19.1 Å². The van der Waals surface area contributed by atoms with E-state index in [1.807, 2.05) is 6.92 Å². The van der Waals surface area contributed by atoms with Gasteiger partial charge in [0.05, 0.1) is 18.4 Å². The molecule has 0 aliphatic carbocycles. The van der Waals surface area contributed by atoms with Crippen LogP contribution in [0.5, 0.6) is 5.75 Å². The Labute approximate surface area is 152 Å². The Morgan fingerprint density at radius 1 is 1.08 bits per heavy atom. The minimum absolute atomic E-state index is 0.0683. The molecule has 1 heterocycles. The van der Waals surface area contributed by atoms with E-state index in [2.05, 4.69) is 16.0 Å². The van der Waals surface area contributed by atoms with Gasteiger partial charge in [-0.25, -0.2) is 0 Å². The number of ether oxygens (including phenoxy) is 1. The number of carbonyl (C=O) groups is 2. The van der Waals surface area contributed by atoms with Gasteiger partial charge < -0.3 is 20.7 Å². The van der Waals surface area contributed by atoms with E-state index in [4.69, 9.17) is 4.74 Å². The van der Waals surface area contributed by atoms with Crippen LogP contribution in [0.1, 0.15) is 17.3 Å². The van der Waals surface area contributed by atoms with Crippen LogP contribution in [0.4, 0.5) is 11.4 Å². The maximum Gasteiger partial charge on any atom is 0.257 e. The van der Waals surface area contributed by atoms with Gasteiger partial charge in [-0.2, -0.15) is 0 Å². The molecule has 0 radical (unpaired) electrons. The third kappa shape index (κ3) is 4.03. The fourth-order valence-corrected chi connectivity index (χ4v) is 2.79. The fourth-order valence-electron chi connectivity index (χ4n) is 2.79. The number of para-hydroxylation sites is 1. The molecule has 6 heteroatoms. The lowest BCUT2D eigenvalue weighted by molar-refractivity contribution is -0.121. The first-order valence-electron chi connectivity index (χ1n) is 8.64. The number of methoxy groups -OCH3 is 1. The van der Waals surface area contributed by atoms with Crippen molar-refractivity contribution in [2.24, 2.45) is 11.8 Å². The van der Waals surface area contributed by atoms with Crippen molar-refractivity contribution in [3.05, 3.63) is 54.1 Å². The molecule has 0 saturated carbocycles. The molecule has 6 nitrogen and oxygen atoms in total. The van der Waals surface area contributed by atoms with Crippen molar-refractivity contribution in [2.45, 2.75) is 6.92 Å². The summed E-state index contributed by atoms with van der Waals surface area (Å²) in [6.45, 7) is 3.63. The molecule has 1 unspecified atom stereocenters. The molecule has 3 rings (SSSR count). The molecule has 26 heavy (non-hydrogen) atoms. The molecule has 136 valence electrons. The van der Waals surface area contributed by atoms with Crippen molar-refractivity contribution in [2.75, 3.05) is 30.8 Å². The number of nitrogens with one attached hydrogen (secondary N) is 3. The number of rotatable bonds is 6. The predicted octanol–water partition coefficient (Wildman–Crippen LogP) is 2.74. The van der Waals surface area contributed by atoms with Crippen molar-refractivity contribution in [1.29, 1.82) is 0 Å². The van der Waals surface area contributed by atoms with Gasteiger partial charge in [-0.05, 0) is 55.4 Å². The van der Waals surface area contributed by atoms with Crippen LogP contribution in [0.15, 0.2) is 48.5 Å². The second-order valence-corrected chi connectivity index (χ2v) is 6.42. The number of anilines is 2. The van der Waals surface area contributed by atoms with Gasteiger partial charge >= 0.3 is 0 Å². The lowest BCUT2D eigenvalue weighted by Gasteiger charge is -2.31. The highest BCUT2D eigenvalue weighted by molar-refractivity contribution is 6.10. The summed E-state index contributed by atoms with van der Waals surface area (Å²) in [6.07, 6.45) is 0. The Balaban J connectivity index is 1.70. The Hall–Kier alpha value is -2.86. The molecule has 3 N–H and O–H groups in total. The van der Waals surface area contributed by atoms with E-state index in [1.54, 1.807) is 55.6 Å². The van der Waals surface area contributed by atoms with Gasteiger partial charge in [0.15, 0.2) is 0 Å². The molecule has 1 atom stereocenters. The van der Waals surface area contributed by atoms with Crippen LogP contribution >= 0.6 is 0 Å². The number of amides is 2. The van der Waals surface area contributed by atoms with Gasteiger partial charge in [-0.15, -0.1) is 0 Å². The monoisotopic (exact) mass is 353 g/mol. The molecule has 2 aromatic carbocycles. The summed E-state index contributed by atoms with van der Waals surface area (Å²) < 4.78 is 5.11. The van der Waals surface area contributed by atoms with E-state index in [-0.39, 0.29) is 17.7 Å². The van der Waals surface area contributed by atoms with E-state index < -0.39 is 0 Å². The highest BCUT2D eigenvalue weighted by Gasteiger charge is 2.29. The Morgan fingerprint density at radius 3 is 2.38 bits per heavy atom. The summed E-state index contributed by atoms with van der Waals surface area (Å²) in [4.78, 5) is 25.1. The van der Waals surface area contributed by atoms with Crippen molar-refractivity contribution in [1.82, 2.24) is 5.32 Å². The largest absolute Gasteiger partial charge is 0.497 e. The lowest BCUT2D eigenvalue weighted by atomic mass is 9.88. The van der Waals surface area contributed by atoms with E-state index >= 15 is 0 Å². The molecule has 1 aliphatic rings. The minimum Gasteiger partial charge on any atom is -0.497 e. The van der Waals surface area contributed by atoms with Crippen LogP contribution in [0, 0.1) is 11.8 Å². The zero-order valence-corrected chi connectivity index (χ0v) is 14.9. The second kappa shape index (κ2) is 8.01. The Bertz CT molecular complexity index is 785. The van der Waals surface area contributed by atoms with Crippen LogP contribution in [0.25, 0.3) is 0 Å². The first-order chi connectivity index (χ1) is 12.6. The normalized spacial score (nSPS) is 14.8. The average molecular weight is 353 g/mol. The molecular weight excluding hydrogens is 330 g/mol. The molecule has 0 aromatic heterocycles. The van der Waals surface area contributed by atoms with Crippen LogP contribution in [0.3, 0.4) is 0 Å². The SMILES string of the molecule is COc1ccc(NC(=O)c2ccccc2NC(=O)C(C)C2CNC2)cc1. The zero-order chi connectivity index (χ0) is 18.5. The first-order valence-corrected chi connectivity index (χ1v) is 8.64.